The van der Waals surface area contributed by atoms with E-state index in [0.717, 1.165) is 35.7 Å². The molecule has 1 aliphatic rings. The number of benzene rings is 2. The zero-order chi connectivity index (χ0) is 19.9. The highest BCUT2D eigenvalue weighted by atomic mass is 16.1. The normalized spacial score (nSPS) is 13.8. The smallest absolute Gasteiger partial charge is 0.244 e. The molecule has 0 aliphatic carbocycles. The summed E-state index contributed by atoms with van der Waals surface area (Å²) in [7, 11) is 0. The molecule has 0 fully saturated rings. The Morgan fingerprint density at radius 2 is 1.86 bits per heavy atom. The van der Waals surface area contributed by atoms with Crippen LogP contribution in [-0.2, 0) is 24.2 Å². The van der Waals surface area contributed by atoms with Gasteiger partial charge in [0.25, 0.3) is 0 Å². The minimum atomic E-state index is -0.0919. The summed E-state index contributed by atoms with van der Waals surface area (Å²) in [5.74, 6) is 1.97. The second-order valence-corrected chi connectivity index (χ2v) is 7.36. The van der Waals surface area contributed by atoms with Crippen LogP contribution in [0, 0.1) is 0 Å². The number of fused-ring (bicyclic) bond motifs is 1. The van der Waals surface area contributed by atoms with Gasteiger partial charge in [0.05, 0.1) is 0 Å². The van der Waals surface area contributed by atoms with Crippen molar-refractivity contribution in [1.82, 2.24) is 20.1 Å². The Morgan fingerprint density at radius 1 is 1.00 bits per heavy atom. The zero-order valence-electron chi connectivity index (χ0n) is 16.6. The number of hydrogen-bond donors (Lipinski definition) is 1. The lowest BCUT2D eigenvalue weighted by Gasteiger charge is -2.07. The maximum atomic E-state index is 12.2. The van der Waals surface area contributed by atoms with Crippen molar-refractivity contribution in [2.24, 2.45) is 0 Å². The molecule has 29 heavy (non-hydrogen) atoms. The minimum absolute atomic E-state index is 0.0919. The van der Waals surface area contributed by atoms with Gasteiger partial charge in [-0.15, -0.1) is 10.2 Å². The molecule has 0 saturated heterocycles. The van der Waals surface area contributed by atoms with Gasteiger partial charge in [0.15, 0.2) is 0 Å². The third kappa shape index (κ3) is 4.99. The van der Waals surface area contributed by atoms with E-state index in [1.165, 1.54) is 24.8 Å². The lowest BCUT2D eigenvalue weighted by molar-refractivity contribution is -0.116. The van der Waals surface area contributed by atoms with Crippen LogP contribution in [0.1, 0.15) is 36.5 Å². The van der Waals surface area contributed by atoms with Crippen molar-refractivity contribution >= 4 is 12.0 Å². The molecule has 0 unspecified atom stereocenters. The molecule has 2 aromatic carbocycles. The number of aromatic nitrogens is 3. The van der Waals surface area contributed by atoms with Gasteiger partial charge in [-0.25, -0.2) is 0 Å². The molecule has 0 radical (unpaired) electrons. The maximum absolute atomic E-state index is 12.2. The Bertz CT molecular complexity index is 991. The van der Waals surface area contributed by atoms with E-state index >= 15 is 0 Å². The fourth-order valence-corrected chi connectivity index (χ4v) is 3.71. The molecule has 0 saturated carbocycles. The largest absolute Gasteiger partial charge is 0.352 e. The lowest BCUT2D eigenvalue weighted by atomic mass is 10.0. The summed E-state index contributed by atoms with van der Waals surface area (Å²) in [4.78, 5) is 12.2. The first-order valence-corrected chi connectivity index (χ1v) is 10.3. The number of carbonyl (C=O) groups excluding carboxylic acids is 1. The van der Waals surface area contributed by atoms with E-state index in [1.807, 2.05) is 36.4 Å². The van der Waals surface area contributed by atoms with E-state index in [-0.39, 0.29) is 5.91 Å². The van der Waals surface area contributed by atoms with Gasteiger partial charge in [0.1, 0.15) is 11.6 Å². The lowest BCUT2D eigenvalue weighted by Crippen LogP contribution is -2.24. The molecule has 148 valence electrons. The number of nitrogens with one attached hydrogen (secondary N) is 1. The van der Waals surface area contributed by atoms with E-state index in [2.05, 4.69) is 44.3 Å². The van der Waals surface area contributed by atoms with Crippen molar-refractivity contribution in [1.29, 1.82) is 0 Å². The van der Waals surface area contributed by atoms with Gasteiger partial charge in [0, 0.05) is 32.0 Å². The molecule has 0 atom stereocenters. The second kappa shape index (κ2) is 9.32. The predicted octanol–water partition coefficient (Wildman–Crippen LogP) is 4.04. The van der Waals surface area contributed by atoms with Crippen LogP contribution in [0.5, 0.6) is 0 Å². The number of rotatable bonds is 6. The molecular formula is C24H26N4O. The molecule has 1 N–H and O–H groups in total. The van der Waals surface area contributed by atoms with E-state index < -0.39 is 0 Å². The van der Waals surface area contributed by atoms with Crippen molar-refractivity contribution in [3.8, 4) is 11.1 Å². The summed E-state index contributed by atoms with van der Waals surface area (Å²) in [5.41, 5.74) is 3.31. The van der Waals surface area contributed by atoms with Crippen LogP contribution in [-0.4, -0.2) is 27.2 Å². The van der Waals surface area contributed by atoms with E-state index in [1.54, 1.807) is 6.08 Å². The van der Waals surface area contributed by atoms with Crippen LogP contribution in [0.25, 0.3) is 17.2 Å². The Morgan fingerprint density at radius 3 is 2.76 bits per heavy atom. The van der Waals surface area contributed by atoms with Gasteiger partial charge >= 0.3 is 0 Å². The van der Waals surface area contributed by atoms with Crippen LogP contribution in [0.3, 0.4) is 0 Å². The fraction of sp³-hybridized carbons (Fsp3) is 0.292. The number of hydrogen-bond acceptors (Lipinski definition) is 3. The number of aryl methyl sites for hydroxylation is 1. The van der Waals surface area contributed by atoms with Crippen LogP contribution >= 0.6 is 0 Å². The van der Waals surface area contributed by atoms with E-state index in [4.69, 9.17) is 0 Å². The van der Waals surface area contributed by atoms with E-state index in [0.29, 0.717) is 13.0 Å². The van der Waals surface area contributed by atoms with Crippen LogP contribution in [0.4, 0.5) is 0 Å². The molecule has 0 spiro atoms. The van der Waals surface area contributed by atoms with Gasteiger partial charge in [-0.1, -0.05) is 55.0 Å². The predicted molar refractivity (Wildman–Crippen MR) is 115 cm³/mol. The van der Waals surface area contributed by atoms with Crippen molar-refractivity contribution < 1.29 is 4.79 Å². The Kier molecular flexibility index (Phi) is 6.15. The molecule has 4 rings (SSSR count). The third-order valence-electron chi connectivity index (χ3n) is 5.25. The summed E-state index contributed by atoms with van der Waals surface area (Å²) in [6, 6.07) is 18.4. The van der Waals surface area contributed by atoms with Crippen molar-refractivity contribution in [3.05, 3.63) is 77.9 Å². The average Bonchev–Trinajstić information content (AvgIpc) is 2.99. The SMILES string of the molecule is O=C(/C=C/c1cccc(-c2ccccc2)c1)NCCc1nnc2n1CCCCC2. The quantitative estimate of drug-likeness (QED) is 0.651. The Labute approximate surface area is 171 Å². The van der Waals surface area contributed by atoms with Crippen LogP contribution in [0.15, 0.2) is 60.7 Å². The summed E-state index contributed by atoms with van der Waals surface area (Å²) in [6.45, 7) is 1.55. The Balaban J connectivity index is 1.31. The van der Waals surface area contributed by atoms with Crippen molar-refractivity contribution in [3.63, 3.8) is 0 Å². The first-order valence-electron chi connectivity index (χ1n) is 10.3. The topological polar surface area (TPSA) is 59.8 Å². The average molecular weight is 386 g/mol. The molecule has 1 aliphatic heterocycles. The Hall–Kier alpha value is -3.21. The summed E-state index contributed by atoms with van der Waals surface area (Å²) >= 11 is 0. The molecule has 5 heteroatoms. The van der Waals surface area contributed by atoms with Crippen molar-refractivity contribution in [2.75, 3.05) is 6.54 Å². The van der Waals surface area contributed by atoms with Crippen LogP contribution < -0.4 is 5.32 Å². The second-order valence-electron chi connectivity index (χ2n) is 7.36. The molecule has 1 aromatic heterocycles. The monoisotopic (exact) mass is 386 g/mol. The summed E-state index contributed by atoms with van der Waals surface area (Å²) < 4.78 is 2.23. The van der Waals surface area contributed by atoms with Gasteiger partial charge in [-0.05, 0) is 41.7 Å². The molecule has 0 bridgehead atoms. The third-order valence-corrected chi connectivity index (χ3v) is 5.25. The number of amides is 1. The number of carbonyl (C=O) groups is 1. The maximum Gasteiger partial charge on any atom is 0.244 e. The highest BCUT2D eigenvalue weighted by Crippen LogP contribution is 2.20. The van der Waals surface area contributed by atoms with Gasteiger partial charge in [-0.2, -0.15) is 0 Å². The van der Waals surface area contributed by atoms with Gasteiger partial charge in [0.2, 0.25) is 5.91 Å². The fourth-order valence-electron chi connectivity index (χ4n) is 3.71. The van der Waals surface area contributed by atoms with E-state index in [9.17, 15) is 4.79 Å². The molecule has 3 aromatic rings. The first kappa shape index (κ1) is 19.1. The standard InChI is InChI=1S/C24H26N4O/c29-24(25-16-15-23-27-26-22-12-5-2-6-17-28(22)23)14-13-19-8-7-11-21(18-19)20-9-3-1-4-10-20/h1,3-4,7-11,13-14,18H,2,5-6,12,15-17H2,(H,25,29)/b14-13+. The van der Waals surface area contributed by atoms with Gasteiger partial charge < -0.3 is 9.88 Å². The highest BCUT2D eigenvalue weighted by molar-refractivity contribution is 5.91. The van der Waals surface area contributed by atoms with Crippen molar-refractivity contribution in [2.45, 2.75) is 38.6 Å². The first-order chi connectivity index (χ1) is 14.3. The van der Waals surface area contributed by atoms with Gasteiger partial charge in [-0.3, -0.25) is 4.79 Å². The summed E-state index contributed by atoms with van der Waals surface area (Å²) in [6.07, 6.45) is 8.76. The highest BCUT2D eigenvalue weighted by Gasteiger charge is 2.14. The van der Waals surface area contributed by atoms with Crippen LogP contribution in [0.2, 0.25) is 0 Å². The zero-order valence-corrected chi connectivity index (χ0v) is 16.6. The molecular weight excluding hydrogens is 360 g/mol. The molecule has 1 amide bonds. The molecule has 2 heterocycles. The minimum Gasteiger partial charge on any atom is -0.352 e. The summed E-state index contributed by atoms with van der Waals surface area (Å²) in [5, 5.41) is 11.6. The number of nitrogens with zero attached hydrogens (tertiary/aromatic N) is 3. The molecule has 5 nitrogen and oxygen atoms in total.